The molecule has 0 amide bonds. The summed E-state index contributed by atoms with van der Waals surface area (Å²) in [5, 5.41) is 1.62. The highest BCUT2D eigenvalue weighted by Gasteiger charge is 2.52. The Bertz CT molecular complexity index is 695. The lowest BCUT2D eigenvalue weighted by molar-refractivity contribution is -0.00878. The molecule has 0 aliphatic heterocycles. The first-order valence-corrected chi connectivity index (χ1v) is 15.1. The van der Waals surface area contributed by atoms with Gasteiger partial charge in [-0.2, -0.15) is 0 Å². The van der Waals surface area contributed by atoms with E-state index >= 15 is 0 Å². The van der Waals surface area contributed by atoms with Crippen LogP contribution in [0.2, 0.25) is 19.1 Å². The molecule has 0 atom stereocenters. The van der Waals surface area contributed by atoms with Crippen molar-refractivity contribution in [2.45, 2.75) is 90.3 Å². The summed E-state index contributed by atoms with van der Waals surface area (Å²) in [5.41, 5.74) is 2.30. The molecule has 2 nitrogen and oxygen atoms in total. The number of hydrogen-bond donors (Lipinski definition) is 0. The van der Waals surface area contributed by atoms with Crippen molar-refractivity contribution in [2.75, 3.05) is 13.9 Å². The molecule has 3 heteroatoms. The Morgan fingerprint density at radius 2 is 1.59 bits per heavy atom. The summed E-state index contributed by atoms with van der Waals surface area (Å²) in [6.07, 6.45) is 9.92. The van der Waals surface area contributed by atoms with Gasteiger partial charge in [0.05, 0.1) is 8.07 Å². The van der Waals surface area contributed by atoms with Crippen LogP contribution in [0, 0.1) is 23.2 Å². The number of benzene rings is 1. The average Bonchev–Trinajstić information content (AvgIpc) is 2.63. The van der Waals surface area contributed by atoms with E-state index in [0.717, 1.165) is 23.5 Å². The van der Waals surface area contributed by atoms with Gasteiger partial charge in [-0.15, -0.1) is 0 Å². The van der Waals surface area contributed by atoms with Crippen LogP contribution in [0.25, 0.3) is 0 Å². The first-order chi connectivity index (χ1) is 13.6. The molecule has 1 aromatic carbocycles. The molecule has 4 saturated carbocycles. The second-order valence-electron chi connectivity index (χ2n) is 12.4. The Morgan fingerprint density at radius 1 is 1.00 bits per heavy atom. The third-order valence-corrected chi connectivity index (χ3v) is 11.6. The molecule has 0 heterocycles. The van der Waals surface area contributed by atoms with E-state index in [-0.39, 0.29) is 0 Å². The Kier molecular flexibility index (Phi) is 5.70. The second kappa shape index (κ2) is 7.71. The van der Waals surface area contributed by atoms with Crippen molar-refractivity contribution >= 4 is 13.3 Å². The standard InChI is InChI=1S/C26H42O2Si/c1-25(2,3)9-10-29(5,6)22-7-8-24(28-18-27-4)23(14-22)26-15-19-11-20(16-26)13-21(12-19)17-26/h7-8,14,19-21H,9-13,15-18H2,1-6H3. The van der Waals surface area contributed by atoms with Crippen LogP contribution in [0.4, 0.5) is 0 Å². The molecule has 0 aromatic heterocycles. The summed E-state index contributed by atoms with van der Waals surface area (Å²) in [6, 6.07) is 8.63. The van der Waals surface area contributed by atoms with Crippen molar-refractivity contribution in [3.05, 3.63) is 23.8 Å². The zero-order chi connectivity index (χ0) is 20.9. The van der Waals surface area contributed by atoms with E-state index in [1.807, 2.05) is 0 Å². The fourth-order valence-corrected chi connectivity index (χ4v) is 9.62. The predicted octanol–water partition coefficient (Wildman–Crippen LogP) is 6.49. The summed E-state index contributed by atoms with van der Waals surface area (Å²) in [5.74, 6) is 3.95. The Balaban J connectivity index is 1.68. The Hall–Kier alpha value is -0.803. The summed E-state index contributed by atoms with van der Waals surface area (Å²) in [4.78, 5) is 0. The summed E-state index contributed by atoms with van der Waals surface area (Å²) in [7, 11) is 0.248. The largest absolute Gasteiger partial charge is 0.467 e. The molecular weight excluding hydrogens is 372 g/mol. The lowest BCUT2D eigenvalue weighted by Gasteiger charge is -2.57. The monoisotopic (exact) mass is 414 g/mol. The van der Waals surface area contributed by atoms with Crippen LogP contribution in [-0.4, -0.2) is 22.0 Å². The molecule has 4 aliphatic carbocycles. The third kappa shape index (κ3) is 4.46. The van der Waals surface area contributed by atoms with E-state index in [1.54, 1.807) is 12.3 Å². The van der Waals surface area contributed by atoms with Gasteiger partial charge in [-0.25, -0.2) is 0 Å². The van der Waals surface area contributed by atoms with Gasteiger partial charge in [-0.05, 0) is 73.2 Å². The van der Waals surface area contributed by atoms with Crippen molar-refractivity contribution in [1.82, 2.24) is 0 Å². The summed E-state index contributed by atoms with van der Waals surface area (Å²) < 4.78 is 11.4. The maximum atomic E-state index is 6.15. The van der Waals surface area contributed by atoms with Gasteiger partial charge in [0.15, 0.2) is 6.79 Å². The molecule has 0 radical (unpaired) electrons. The van der Waals surface area contributed by atoms with E-state index in [9.17, 15) is 0 Å². The number of methoxy groups -OCH3 is 1. The summed E-state index contributed by atoms with van der Waals surface area (Å²) >= 11 is 0. The van der Waals surface area contributed by atoms with Crippen LogP contribution >= 0.6 is 0 Å². The number of rotatable bonds is 7. The SMILES string of the molecule is COCOc1ccc([Si](C)(C)CCC(C)(C)C)cc1C12CC3CC(CC(C3)C1)C2. The minimum absolute atomic E-state index is 0.351. The second-order valence-corrected chi connectivity index (χ2v) is 17.2. The van der Waals surface area contributed by atoms with Gasteiger partial charge in [-0.1, -0.05) is 63.6 Å². The van der Waals surface area contributed by atoms with Gasteiger partial charge in [0.2, 0.25) is 0 Å². The van der Waals surface area contributed by atoms with Gasteiger partial charge >= 0.3 is 0 Å². The molecule has 5 rings (SSSR count). The molecule has 0 unspecified atom stereocenters. The van der Waals surface area contributed by atoms with Gasteiger partial charge in [0.25, 0.3) is 0 Å². The van der Waals surface area contributed by atoms with Gasteiger partial charge in [-0.3, -0.25) is 0 Å². The fourth-order valence-electron chi connectivity index (χ4n) is 6.89. The lowest BCUT2D eigenvalue weighted by Crippen LogP contribution is -2.49. The van der Waals surface area contributed by atoms with E-state index in [0.29, 0.717) is 17.6 Å². The highest BCUT2D eigenvalue weighted by molar-refractivity contribution is 6.89. The van der Waals surface area contributed by atoms with E-state index in [4.69, 9.17) is 9.47 Å². The Morgan fingerprint density at radius 3 is 2.10 bits per heavy atom. The molecule has 4 fully saturated rings. The maximum absolute atomic E-state index is 6.15. The number of ether oxygens (including phenoxy) is 2. The third-order valence-electron chi connectivity index (χ3n) is 8.20. The predicted molar refractivity (Wildman–Crippen MR) is 125 cm³/mol. The van der Waals surface area contributed by atoms with Crippen LogP contribution in [0.3, 0.4) is 0 Å². The molecule has 4 bridgehead atoms. The van der Waals surface area contributed by atoms with Crippen molar-refractivity contribution in [1.29, 1.82) is 0 Å². The van der Waals surface area contributed by atoms with E-state index in [1.165, 1.54) is 56.6 Å². The van der Waals surface area contributed by atoms with Crippen LogP contribution in [-0.2, 0) is 10.2 Å². The molecule has 162 valence electrons. The highest BCUT2D eigenvalue weighted by Crippen LogP contribution is 2.61. The first kappa shape index (κ1) is 21.4. The highest BCUT2D eigenvalue weighted by atomic mass is 28.3. The number of hydrogen-bond acceptors (Lipinski definition) is 2. The molecule has 29 heavy (non-hydrogen) atoms. The maximum Gasteiger partial charge on any atom is 0.188 e. The van der Waals surface area contributed by atoms with Crippen molar-refractivity contribution < 1.29 is 9.47 Å². The van der Waals surface area contributed by atoms with Gasteiger partial charge in [0.1, 0.15) is 5.75 Å². The zero-order valence-electron chi connectivity index (χ0n) is 19.6. The van der Waals surface area contributed by atoms with Gasteiger partial charge in [0, 0.05) is 12.7 Å². The summed E-state index contributed by atoms with van der Waals surface area (Å²) in [6.45, 7) is 12.6. The molecular formula is C26H42O2Si. The molecule has 1 aromatic rings. The quantitative estimate of drug-likeness (QED) is 0.375. The van der Waals surface area contributed by atoms with Crippen LogP contribution in [0.1, 0.15) is 71.3 Å². The topological polar surface area (TPSA) is 18.5 Å². The minimum Gasteiger partial charge on any atom is -0.467 e. The lowest BCUT2D eigenvalue weighted by atomic mass is 9.48. The minimum atomic E-state index is -1.48. The Labute approximate surface area is 179 Å². The zero-order valence-corrected chi connectivity index (χ0v) is 20.6. The van der Waals surface area contributed by atoms with Crippen LogP contribution < -0.4 is 9.92 Å². The fraction of sp³-hybridized carbons (Fsp3) is 0.769. The average molecular weight is 415 g/mol. The van der Waals surface area contributed by atoms with E-state index < -0.39 is 8.07 Å². The normalized spacial score (nSPS) is 31.3. The molecule has 0 saturated heterocycles. The van der Waals surface area contributed by atoms with Crippen LogP contribution in [0.5, 0.6) is 5.75 Å². The van der Waals surface area contributed by atoms with Gasteiger partial charge < -0.3 is 9.47 Å². The smallest absolute Gasteiger partial charge is 0.188 e. The van der Waals surface area contributed by atoms with Crippen molar-refractivity contribution in [2.24, 2.45) is 23.2 Å². The molecule has 0 spiro atoms. The molecule has 0 N–H and O–H groups in total. The van der Waals surface area contributed by atoms with E-state index in [2.05, 4.69) is 52.1 Å². The molecule has 4 aliphatic rings. The van der Waals surface area contributed by atoms with Crippen LogP contribution in [0.15, 0.2) is 18.2 Å². The van der Waals surface area contributed by atoms with Crippen molar-refractivity contribution in [3.8, 4) is 5.75 Å². The first-order valence-electron chi connectivity index (χ1n) is 11.9. The van der Waals surface area contributed by atoms with Crippen molar-refractivity contribution in [3.63, 3.8) is 0 Å².